The zero-order chi connectivity index (χ0) is 9.97. The van der Waals surface area contributed by atoms with Gasteiger partial charge in [0.25, 0.3) is 0 Å². The standard InChI is InChI=1S/C12H13BrO/c1-9(12-3-2-8-14-12)10-4-6-11(13)7-5-10/h4-7,12H,1-3,8H2. The molecule has 0 radical (unpaired) electrons. The van der Waals surface area contributed by atoms with Crippen molar-refractivity contribution in [3.8, 4) is 0 Å². The van der Waals surface area contributed by atoms with Crippen LogP contribution in [-0.4, -0.2) is 12.7 Å². The van der Waals surface area contributed by atoms with Gasteiger partial charge in [0.1, 0.15) is 0 Å². The second-order valence-corrected chi connectivity index (χ2v) is 4.45. The third-order valence-corrected chi connectivity index (χ3v) is 3.06. The molecule has 14 heavy (non-hydrogen) atoms. The molecule has 0 bridgehead atoms. The van der Waals surface area contributed by atoms with E-state index < -0.39 is 0 Å². The molecule has 0 aliphatic carbocycles. The molecule has 2 rings (SSSR count). The minimum absolute atomic E-state index is 0.233. The smallest absolute Gasteiger partial charge is 0.0825 e. The molecule has 1 nitrogen and oxygen atoms in total. The van der Waals surface area contributed by atoms with Crippen LogP contribution in [0.15, 0.2) is 35.3 Å². The van der Waals surface area contributed by atoms with Crippen LogP contribution < -0.4 is 0 Å². The van der Waals surface area contributed by atoms with Crippen LogP contribution in [0.3, 0.4) is 0 Å². The normalized spacial score (nSPS) is 21.1. The molecular formula is C12H13BrO. The minimum Gasteiger partial charge on any atom is -0.374 e. The molecular weight excluding hydrogens is 240 g/mol. The van der Waals surface area contributed by atoms with Crippen LogP contribution >= 0.6 is 15.9 Å². The summed E-state index contributed by atoms with van der Waals surface area (Å²) in [5, 5.41) is 0. The van der Waals surface area contributed by atoms with Crippen LogP contribution in [-0.2, 0) is 4.74 Å². The second-order valence-electron chi connectivity index (χ2n) is 3.53. The Hall–Kier alpha value is -0.600. The lowest BCUT2D eigenvalue weighted by Gasteiger charge is -2.12. The fraction of sp³-hybridized carbons (Fsp3) is 0.333. The average Bonchev–Trinajstić information content (AvgIpc) is 2.71. The van der Waals surface area contributed by atoms with Crippen molar-refractivity contribution in [2.45, 2.75) is 18.9 Å². The molecule has 0 N–H and O–H groups in total. The molecule has 1 atom stereocenters. The van der Waals surface area contributed by atoms with Gasteiger partial charge in [-0.1, -0.05) is 34.6 Å². The third-order valence-electron chi connectivity index (χ3n) is 2.53. The first-order chi connectivity index (χ1) is 6.77. The Morgan fingerprint density at radius 2 is 2.07 bits per heavy atom. The Labute approximate surface area is 92.9 Å². The number of ether oxygens (including phenoxy) is 1. The third kappa shape index (κ3) is 2.07. The predicted molar refractivity (Wildman–Crippen MR) is 62.2 cm³/mol. The summed E-state index contributed by atoms with van der Waals surface area (Å²) in [5.74, 6) is 0. The summed E-state index contributed by atoms with van der Waals surface area (Å²) in [6, 6.07) is 8.23. The van der Waals surface area contributed by atoms with Crippen molar-refractivity contribution >= 4 is 21.5 Å². The molecule has 1 fully saturated rings. The van der Waals surface area contributed by atoms with E-state index in [4.69, 9.17) is 4.74 Å². The van der Waals surface area contributed by atoms with Crippen molar-refractivity contribution in [3.05, 3.63) is 40.9 Å². The molecule has 1 aliphatic rings. The Balaban J connectivity index is 2.14. The van der Waals surface area contributed by atoms with E-state index in [1.165, 1.54) is 5.56 Å². The van der Waals surface area contributed by atoms with Crippen LogP contribution in [0, 0.1) is 0 Å². The van der Waals surface area contributed by atoms with Crippen molar-refractivity contribution in [2.24, 2.45) is 0 Å². The maximum atomic E-state index is 5.59. The summed E-state index contributed by atoms with van der Waals surface area (Å²) >= 11 is 3.42. The Bertz CT molecular complexity index is 323. The van der Waals surface area contributed by atoms with E-state index in [1.54, 1.807) is 0 Å². The number of rotatable bonds is 2. The molecule has 1 aromatic carbocycles. The number of hydrogen-bond donors (Lipinski definition) is 0. The van der Waals surface area contributed by atoms with Gasteiger partial charge in [0.05, 0.1) is 6.10 Å². The highest BCUT2D eigenvalue weighted by Gasteiger charge is 2.19. The van der Waals surface area contributed by atoms with Crippen LogP contribution in [0.2, 0.25) is 0 Å². The summed E-state index contributed by atoms with van der Waals surface area (Å²) < 4.78 is 6.69. The summed E-state index contributed by atoms with van der Waals surface area (Å²) in [6.07, 6.45) is 2.49. The first kappa shape index (κ1) is 9.94. The largest absolute Gasteiger partial charge is 0.374 e. The van der Waals surface area contributed by atoms with Crippen molar-refractivity contribution in [3.63, 3.8) is 0 Å². The molecule has 2 heteroatoms. The molecule has 0 saturated carbocycles. The van der Waals surface area contributed by atoms with E-state index >= 15 is 0 Å². The molecule has 1 aliphatic heterocycles. The maximum absolute atomic E-state index is 5.59. The number of benzene rings is 1. The van der Waals surface area contributed by atoms with E-state index in [9.17, 15) is 0 Å². The molecule has 1 unspecified atom stereocenters. The lowest BCUT2D eigenvalue weighted by molar-refractivity contribution is 0.152. The van der Waals surface area contributed by atoms with Crippen molar-refractivity contribution in [2.75, 3.05) is 6.61 Å². The van der Waals surface area contributed by atoms with Crippen LogP contribution in [0.4, 0.5) is 0 Å². The first-order valence-corrected chi connectivity index (χ1v) is 5.63. The fourth-order valence-corrected chi connectivity index (χ4v) is 1.97. The molecule has 1 heterocycles. The Morgan fingerprint density at radius 1 is 1.36 bits per heavy atom. The SMILES string of the molecule is C=C(c1ccc(Br)cc1)C1CCCO1. The molecule has 1 saturated heterocycles. The van der Waals surface area contributed by atoms with Crippen molar-refractivity contribution in [1.29, 1.82) is 0 Å². The fourth-order valence-electron chi connectivity index (χ4n) is 1.70. The van der Waals surface area contributed by atoms with Gasteiger partial charge in [-0.3, -0.25) is 0 Å². The topological polar surface area (TPSA) is 9.23 Å². The Morgan fingerprint density at radius 3 is 2.64 bits per heavy atom. The molecule has 1 aromatic rings. The number of hydrogen-bond acceptors (Lipinski definition) is 1. The average molecular weight is 253 g/mol. The monoisotopic (exact) mass is 252 g/mol. The Kier molecular flexibility index (Phi) is 3.04. The van der Waals surface area contributed by atoms with Gasteiger partial charge in [-0.2, -0.15) is 0 Å². The highest BCUT2D eigenvalue weighted by atomic mass is 79.9. The zero-order valence-electron chi connectivity index (χ0n) is 8.00. The van der Waals surface area contributed by atoms with Crippen molar-refractivity contribution < 1.29 is 4.74 Å². The summed E-state index contributed by atoms with van der Waals surface area (Å²) in [4.78, 5) is 0. The minimum atomic E-state index is 0.233. The highest BCUT2D eigenvalue weighted by Crippen LogP contribution is 2.27. The van der Waals surface area contributed by atoms with E-state index in [-0.39, 0.29) is 6.10 Å². The zero-order valence-corrected chi connectivity index (χ0v) is 9.59. The molecule has 74 valence electrons. The van der Waals surface area contributed by atoms with Gasteiger partial charge in [0, 0.05) is 11.1 Å². The molecule has 0 spiro atoms. The molecule has 0 amide bonds. The van der Waals surface area contributed by atoms with Crippen molar-refractivity contribution in [1.82, 2.24) is 0 Å². The molecule has 0 aromatic heterocycles. The number of halogens is 1. The quantitative estimate of drug-likeness (QED) is 0.781. The van der Waals surface area contributed by atoms with E-state index in [0.29, 0.717) is 0 Å². The van der Waals surface area contributed by atoms with Crippen LogP contribution in [0.5, 0.6) is 0 Å². The van der Waals surface area contributed by atoms with Crippen LogP contribution in [0.25, 0.3) is 5.57 Å². The van der Waals surface area contributed by atoms with Gasteiger partial charge in [-0.25, -0.2) is 0 Å². The summed E-state index contributed by atoms with van der Waals surface area (Å²) in [6.45, 7) is 4.97. The van der Waals surface area contributed by atoms with Gasteiger partial charge in [-0.05, 0) is 36.1 Å². The van der Waals surface area contributed by atoms with Gasteiger partial charge >= 0.3 is 0 Å². The van der Waals surface area contributed by atoms with Gasteiger partial charge < -0.3 is 4.74 Å². The van der Waals surface area contributed by atoms with Gasteiger partial charge in [0.15, 0.2) is 0 Å². The van der Waals surface area contributed by atoms with E-state index in [1.807, 2.05) is 12.1 Å². The van der Waals surface area contributed by atoms with Crippen LogP contribution in [0.1, 0.15) is 18.4 Å². The summed E-state index contributed by atoms with van der Waals surface area (Å²) in [5.41, 5.74) is 2.29. The predicted octanol–water partition coefficient (Wildman–Crippen LogP) is 3.64. The van der Waals surface area contributed by atoms with Gasteiger partial charge in [0.2, 0.25) is 0 Å². The lowest BCUT2D eigenvalue weighted by atomic mass is 10.0. The maximum Gasteiger partial charge on any atom is 0.0825 e. The van der Waals surface area contributed by atoms with E-state index in [2.05, 4.69) is 34.6 Å². The summed E-state index contributed by atoms with van der Waals surface area (Å²) in [7, 11) is 0. The van der Waals surface area contributed by atoms with Gasteiger partial charge in [-0.15, -0.1) is 0 Å². The first-order valence-electron chi connectivity index (χ1n) is 4.84. The second kappa shape index (κ2) is 4.28. The highest BCUT2D eigenvalue weighted by molar-refractivity contribution is 9.10. The van der Waals surface area contributed by atoms with E-state index in [0.717, 1.165) is 29.5 Å². The lowest BCUT2D eigenvalue weighted by Crippen LogP contribution is -2.06.